The van der Waals surface area contributed by atoms with E-state index >= 15 is 0 Å². The second-order valence-electron chi connectivity index (χ2n) is 7.12. The van der Waals surface area contributed by atoms with Crippen molar-refractivity contribution in [1.29, 1.82) is 0 Å². The molecule has 2 saturated heterocycles. The molecule has 2 fully saturated rings. The summed E-state index contributed by atoms with van der Waals surface area (Å²) in [4.78, 5) is 16.8. The van der Waals surface area contributed by atoms with Crippen molar-refractivity contribution in [3.8, 4) is 0 Å². The first kappa shape index (κ1) is 17.7. The Bertz CT molecular complexity index is 303. The third-order valence-corrected chi connectivity index (χ3v) is 4.31. The monoisotopic (exact) mass is 303 g/mol. The Kier molecular flexibility index (Phi) is 6.76. The van der Waals surface area contributed by atoms with Crippen molar-refractivity contribution in [3.05, 3.63) is 0 Å². The van der Waals surface area contributed by atoms with Crippen molar-refractivity contribution in [2.45, 2.75) is 46.1 Å². The van der Waals surface area contributed by atoms with Crippen molar-refractivity contribution in [3.63, 3.8) is 0 Å². The number of hydrogen-bond acceptors (Lipinski definition) is 3. The van der Waals surface area contributed by atoms with Gasteiger partial charge < -0.3 is 10.2 Å². The lowest BCUT2D eigenvalue weighted by molar-refractivity contribution is -0.133. The van der Waals surface area contributed by atoms with Crippen LogP contribution in [-0.2, 0) is 4.79 Å². The quantitative estimate of drug-likeness (QED) is 0.863. The van der Waals surface area contributed by atoms with Gasteiger partial charge in [-0.25, -0.2) is 0 Å². The van der Waals surface area contributed by atoms with Gasteiger partial charge in [0.25, 0.3) is 0 Å². The molecule has 0 saturated carbocycles. The summed E-state index contributed by atoms with van der Waals surface area (Å²) in [6, 6.07) is 0.701. The van der Waals surface area contributed by atoms with E-state index < -0.39 is 0 Å². The highest BCUT2D eigenvalue weighted by atomic mass is 35.5. The van der Waals surface area contributed by atoms with Gasteiger partial charge in [-0.2, -0.15) is 0 Å². The summed E-state index contributed by atoms with van der Waals surface area (Å²) < 4.78 is 0. The molecular formula is C15H30ClN3O. The summed E-state index contributed by atoms with van der Waals surface area (Å²) in [5, 5.41) is 3.42. The standard InChI is InChI=1S/C15H29N3O.ClH/c1-15(2,3)6-4-14(19)18-10-8-17(9-11-18)13-5-7-16-12-13;/h13,16H,4-12H2,1-3H3;1H. The molecule has 2 heterocycles. The largest absolute Gasteiger partial charge is 0.340 e. The van der Waals surface area contributed by atoms with Gasteiger partial charge in [0.1, 0.15) is 0 Å². The third kappa shape index (κ3) is 5.23. The van der Waals surface area contributed by atoms with Crippen LogP contribution in [-0.4, -0.2) is 61.0 Å². The van der Waals surface area contributed by atoms with Gasteiger partial charge >= 0.3 is 0 Å². The molecule has 1 amide bonds. The Morgan fingerprint density at radius 2 is 1.85 bits per heavy atom. The SMILES string of the molecule is CC(C)(C)CCC(=O)N1CCN(C2CCNC2)CC1.Cl. The molecule has 2 aliphatic heterocycles. The van der Waals surface area contributed by atoms with Crippen LogP contribution in [0.1, 0.15) is 40.0 Å². The highest BCUT2D eigenvalue weighted by Gasteiger charge is 2.27. The van der Waals surface area contributed by atoms with Gasteiger partial charge in [-0.1, -0.05) is 20.8 Å². The van der Waals surface area contributed by atoms with E-state index in [1.807, 2.05) is 0 Å². The van der Waals surface area contributed by atoms with Gasteiger partial charge in [0.15, 0.2) is 0 Å². The summed E-state index contributed by atoms with van der Waals surface area (Å²) in [5.74, 6) is 0.346. The van der Waals surface area contributed by atoms with Gasteiger partial charge in [-0.15, -0.1) is 12.4 Å². The van der Waals surface area contributed by atoms with Crippen LogP contribution in [0, 0.1) is 5.41 Å². The molecule has 0 aromatic carbocycles. The van der Waals surface area contributed by atoms with Crippen LogP contribution in [0.3, 0.4) is 0 Å². The topological polar surface area (TPSA) is 35.6 Å². The molecule has 20 heavy (non-hydrogen) atoms. The van der Waals surface area contributed by atoms with Crippen LogP contribution in [0.25, 0.3) is 0 Å². The molecule has 2 rings (SSSR count). The summed E-state index contributed by atoms with van der Waals surface area (Å²) in [7, 11) is 0. The van der Waals surface area contributed by atoms with E-state index in [4.69, 9.17) is 0 Å². The van der Waals surface area contributed by atoms with Gasteiger partial charge in [0.05, 0.1) is 0 Å². The minimum absolute atomic E-state index is 0. The molecule has 0 aromatic heterocycles. The molecule has 0 spiro atoms. The summed E-state index contributed by atoms with van der Waals surface area (Å²) >= 11 is 0. The summed E-state index contributed by atoms with van der Waals surface area (Å²) in [6.07, 6.45) is 2.95. The lowest BCUT2D eigenvalue weighted by atomic mass is 9.90. The first-order valence-corrected chi connectivity index (χ1v) is 7.68. The maximum atomic E-state index is 12.2. The van der Waals surface area contributed by atoms with Gasteiger partial charge in [-0.05, 0) is 24.8 Å². The average molecular weight is 304 g/mol. The second kappa shape index (κ2) is 7.62. The Morgan fingerprint density at radius 3 is 2.35 bits per heavy atom. The molecule has 0 radical (unpaired) electrons. The molecule has 0 aromatic rings. The normalized spacial score (nSPS) is 24.6. The van der Waals surface area contributed by atoms with E-state index in [-0.39, 0.29) is 17.8 Å². The highest BCUT2D eigenvalue weighted by molar-refractivity contribution is 5.85. The summed E-state index contributed by atoms with van der Waals surface area (Å²) in [5.41, 5.74) is 0.257. The zero-order valence-electron chi connectivity index (χ0n) is 13.2. The molecule has 1 unspecified atom stereocenters. The molecular weight excluding hydrogens is 274 g/mol. The minimum atomic E-state index is 0. The highest BCUT2D eigenvalue weighted by Crippen LogP contribution is 2.21. The Hall–Kier alpha value is -0.320. The van der Waals surface area contributed by atoms with Crippen LogP contribution >= 0.6 is 12.4 Å². The summed E-state index contributed by atoms with van der Waals surface area (Å²) in [6.45, 7) is 12.8. The first-order valence-electron chi connectivity index (χ1n) is 7.68. The van der Waals surface area contributed by atoms with Gasteiger partial charge in [0, 0.05) is 45.2 Å². The minimum Gasteiger partial charge on any atom is -0.340 e. The van der Waals surface area contributed by atoms with E-state index in [0.29, 0.717) is 18.4 Å². The molecule has 0 aliphatic carbocycles. The number of amides is 1. The number of carbonyl (C=O) groups excluding carboxylic acids is 1. The zero-order chi connectivity index (χ0) is 13.9. The number of piperazine rings is 1. The number of nitrogens with one attached hydrogen (secondary N) is 1. The fourth-order valence-corrected chi connectivity index (χ4v) is 2.93. The van der Waals surface area contributed by atoms with E-state index in [9.17, 15) is 4.79 Å². The fourth-order valence-electron chi connectivity index (χ4n) is 2.93. The molecule has 4 nitrogen and oxygen atoms in total. The zero-order valence-corrected chi connectivity index (χ0v) is 14.0. The van der Waals surface area contributed by atoms with E-state index in [2.05, 4.69) is 35.9 Å². The predicted molar refractivity (Wildman–Crippen MR) is 85.4 cm³/mol. The van der Waals surface area contributed by atoms with Crippen molar-refractivity contribution >= 4 is 18.3 Å². The Morgan fingerprint density at radius 1 is 1.20 bits per heavy atom. The third-order valence-electron chi connectivity index (χ3n) is 4.31. The fraction of sp³-hybridized carbons (Fsp3) is 0.933. The number of rotatable bonds is 3. The van der Waals surface area contributed by atoms with Crippen molar-refractivity contribution < 1.29 is 4.79 Å². The molecule has 1 atom stereocenters. The molecule has 1 N–H and O–H groups in total. The van der Waals surface area contributed by atoms with Crippen LogP contribution in [0.15, 0.2) is 0 Å². The number of hydrogen-bond donors (Lipinski definition) is 1. The van der Waals surface area contributed by atoms with Crippen LogP contribution in [0.4, 0.5) is 0 Å². The van der Waals surface area contributed by atoms with Gasteiger partial charge in [-0.3, -0.25) is 9.69 Å². The number of nitrogens with zero attached hydrogens (tertiary/aromatic N) is 2. The average Bonchev–Trinajstić information content (AvgIpc) is 2.89. The van der Waals surface area contributed by atoms with Crippen molar-refractivity contribution in [2.24, 2.45) is 5.41 Å². The Labute approximate surface area is 129 Å². The van der Waals surface area contributed by atoms with E-state index in [1.54, 1.807) is 0 Å². The first-order chi connectivity index (χ1) is 8.96. The molecule has 2 aliphatic rings. The van der Waals surface area contributed by atoms with E-state index in [0.717, 1.165) is 45.7 Å². The lowest BCUT2D eigenvalue weighted by Gasteiger charge is -2.38. The van der Waals surface area contributed by atoms with Crippen molar-refractivity contribution in [1.82, 2.24) is 15.1 Å². The van der Waals surface area contributed by atoms with Gasteiger partial charge in [0.2, 0.25) is 5.91 Å². The maximum Gasteiger partial charge on any atom is 0.222 e. The van der Waals surface area contributed by atoms with E-state index in [1.165, 1.54) is 6.42 Å². The van der Waals surface area contributed by atoms with Crippen LogP contribution in [0.2, 0.25) is 0 Å². The van der Waals surface area contributed by atoms with Crippen LogP contribution in [0.5, 0.6) is 0 Å². The molecule has 5 heteroatoms. The Balaban J connectivity index is 0.00000200. The number of carbonyl (C=O) groups is 1. The molecule has 0 bridgehead atoms. The molecule has 118 valence electrons. The number of halogens is 1. The smallest absolute Gasteiger partial charge is 0.222 e. The second-order valence-corrected chi connectivity index (χ2v) is 7.12. The lowest BCUT2D eigenvalue weighted by Crippen LogP contribution is -2.52. The van der Waals surface area contributed by atoms with Crippen molar-refractivity contribution in [2.75, 3.05) is 39.3 Å². The maximum absolute atomic E-state index is 12.2. The van der Waals surface area contributed by atoms with Crippen LogP contribution < -0.4 is 5.32 Å². The predicted octanol–water partition coefficient (Wildman–Crippen LogP) is 1.74.